The first-order chi connectivity index (χ1) is 13.6. The second-order valence-corrected chi connectivity index (χ2v) is 6.78. The molecule has 28 heavy (non-hydrogen) atoms. The Morgan fingerprint density at radius 3 is 2.57 bits per heavy atom. The Balaban J connectivity index is 1.38. The quantitative estimate of drug-likeness (QED) is 0.716. The minimum Gasteiger partial charge on any atom is -0.486 e. The molecule has 0 saturated heterocycles. The third-order valence-electron chi connectivity index (χ3n) is 4.71. The summed E-state index contributed by atoms with van der Waals surface area (Å²) in [6.07, 6.45) is 1.74. The smallest absolute Gasteiger partial charge is 0.338 e. The molecule has 1 heterocycles. The first kappa shape index (κ1) is 18.3. The number of rotatable bonds is 6. The minimum absolute atomic E-state index is 0.0695. The Morgan fingerprint density at radius 2 is 1.82 bits per heavy atom. The molecule has 1 saturated carbocycles. The van der Waals surface area contributed by atoms with Crippen molar-refractivity contribution in [2.45, 2.75) is 25.4 Å². The molecule has 7 heteroatoms. The highest BCUT2D eigenvalue weighted by molar-refractivity contribution is 5.92. The molecule has 0 atom stereocenters. The number of amides is 1. The van der Waals surface area contributed by atoms with Gasteiger partial charge in [-0.2, -0.15) is 0 Å². The van der Waals surface area contributed by atoms with Gasteiger partial charge in [-0.15, -0.1) is 0 Å². The number of fused-ring (bicyclic) bond motifs is 1. The standard InChI is InChI=1S/C21H20FNO5/c22-17-4-2-1-3-15(17)12-23(16-6-7-16)20(24)13-28-21(25)14-5-8-18-19(11-14)27-10-9-26-18/h1-5,8,11,16H,6-7,9-10,12-13H2. The third kappa shape index (κ3) is 4.08. The highest BCUT2D eigenvalue weighted by Crippen LogP contribution is 2.31. The fourth-order valence-corrected chi connectivity index (χ4v) is 3.08. The van der Waals surface area contributed by atoms with Crippen LogP contribution in [0.1, 0.15) is 28.8 Å². The molecule has 0 bridgehead atoms. The Hall–Kier alpha value is -3.09. The lowest BCUT2D eigenvalue weighted by atomic mass is 10.2. The fraction of sp³-hybridized carbons (Fsp3) is 0.333. The number of benzene rings is 2. The van der Waals surface area contributed by atoms with Gasteiger partial charge in [0, 0.05) is 18.2 Å². The van der Waals surface area contributed by atoms with Crippen LogP contribution >= 0.6 is 0 Å². The molecule has 2 aliphatic rings. The number of nitrogens with zero attached hydrogens (tertiary/aromatic N) is 1. The van der Waals surface area contributed by atoms with Crippen LogP contribution in [0.15, 0.2) is 42.5 Å². The van der Waals surface area contributed by atoms with E-state index in [2.05, 4.69) is 0 Å². The number of carbonyl (C=O) groups excluding carboxylic acids is 2. The summed E-state index contributed by atoms with van der Waals surface area (Å²) >= 11 is 0. The number of carbonyl (C=O) groups is 2. The SMILES string of the molecule is O=C(OCC(=O)N(Cc1ccccc1F)C1CC1)c1ccc2c(c1)OCCO2. The first-order valence-electron chi connectivity index (χ1n) is 9.21. The van der Waals surface area contributed by atoms with Crippen LogP contribution in [0.3, 0.4) is 0 Å². The van der Waals surface area contributed by atoms with Crippen molar-refractivity contribution in [3.05, 3.63) is 59.4 Å². The van der Waals surface area contributed by atoms with Gasteiger partial charge >= 0.3 is 5.97 Å². The zero-order chi connectivity index (χ0) is 19.5. The Kier molecular flexibility index (Phi) is 5.14. The summed E-state index contributed by atoms with van der Waals surface area (Å²) in [6, 6.07) is 11.2. The number of ether oxygens (including phenoxy) is 3. The normalized spacial score (nSPS) is 15.0. The first-order valence-corrected chi connectivity index (χ1v) is 9.21. The maximum Gasteiger partial charge on any atom is 0.338 e. The molecule has 1 aliphatic heterocycles. The molecule has 0 unspecified atom stereocenters. The van der Waals surface area contributed by atoms with Gasteiger partial charge in [-0.25, -0.2) is 9.18 Å². The van der Waals surface area contributed by atoms with Gasteiger partial charge in [0.2, 0.25) is 0 Å². The van der Waals surface area contributed by atoms with Crippen molar-refractivity contribution >= 4 is 11.9 Å². The topological polar surface area (TPSA) is 65.1 Å². The predicted octanol–water partition coefficient (Wildman–Crippen LogP) is 2.94. The van der Waals surface area contributed by atoms with Crippen LogP contribution in [-0.4, -0.2) is 42.6 Å². The van der Waals surface area contributed by atoms with E-state index in [9.17, 15) is 14.0 Å². The molecule has 1 aliphatic carbocycles. The van der Waals surface area contributed by atoms with E-state index in [1.54, 1.807) is 41.3 Å². The average molecular weight is 385 g/mol. The van der Waals surface area contributed by atoms with Gasteiger partial charge in [0.05, 0.1) is 5.56 Å². The minimum atomic E-state index is -0.619. The van der Waals surface area contributed by atoms with Crippen molar-refractivity contribution in [2.24, 2.45) is 0 Å². The number of hydrogen-bond donors (Lipinski definition) is 0. The summed E-state index contributed by atoms with van der Waals surface area (Å²) in [7, 11) is 0. The molecule has 2 aromatic carbocycles. The highest BCUT2D eigenvalue weighted by atomic mass is 19.1. The van der Waals surface area contributed by atoms with Crippen molar-refractivity contribution in [1.82, 2.24) is 4.90 Å². The number of esters is 1. The van der Waals surface area contributed by atoms with E-state index in [0.717, 1.165) is 12.8 Å². The summed E-state index contributed by atoms with van der Waals surface area (Å²) in [4.78, 5) is 26.5. The van der Waals surface area contributed by atoms with E-state index in [4.69, 9.17) is 14.2 Å². The van der Waals surface area contributed by atoms with E-state index in [0.29, 0.717) is 30.3 Å². The molecule has 1 fully saturated rings. The highest BCUT2D eigenvalue weighted by Gasteiger charge is 2.33. The summed E-state index contributed by atoms with van der Waals surface area (Å²) in [5.41, 5.74) is 0.727. The van der Waals surface area contributed by atoms with Crippen molar-refractivity contribution in [1.29, 1.82) is 0 Å². The van der Waals surface area contributed by atoms with Crippen molar-refractivity contribution < 1.29 is 28.2 Å². The second-order valence-electron chi connectivity index (χ2n) is 6.78. The molecular weight excluding hydrogens is 365 g/mol. The predicted molar refractivity (Wildman–Crippen MR) is 97.7 cm³/mol. The summed E-state index contributed by atoms with van der Waals surface area (Å²) < 4.78 is 30.0. The lowest BCUT2D eigenvalue weighted by Crippen LogP contribution is -2.36. The van der Waals surface area contributed by atoms with Gasteiger partial charge in [0.25, 0.3) is 5.91 Å². The molecule has 1 amide bonds. The van der Waals surface area contributed by atoms with Gasteiger partial charge in [0.1, 0.15) is 19.0 Å². The Morgan fingerprint density at radius 1 is 1.07 bits per heavy atom. The van der Waals surface area contributed by atoms with Crippen LogP contribution < -0.4 is 9.47 Å². The maximum atomic E-state index is 13.9. The molecular formula is C21H20FNO5. The maximum absolute atomic E-state index is 13.9. The van der Waals surface area contributed by atoms with Crippen LogP contribution in [-0.2, 0) is 16.1 Å². The molecule has 146 valence electrons. The van der Waals surface area contributed by atoms with E-state index < -0.39 is 12.6 Å². The molecule has 4 rings (SSSR count). The van der Waals surface area contributed by atoms with Gasteiger partial charge in [-0.3, -0.25) is 4.79 Å². The van der Waals surface area contributed by atoms with Gasteiger partial charge < -0.3 is 19.1 Å². The molecule has 2 aromatic rings. The number of hydrogen-bond acceptors (Lipinski definition) is 5. The van der Waals surface area contributed by atoms with E-state index in [1.165, 1.54) is 6.07 Å². The molecule has 0 aromatic heterocycles. The van der Waals surface area contributed by atoms with Gasteiger partial charge in [-0.05, 0) is 37.1 Å². The van der Waals surface area contributed by atoms with Crippen LogP contribution in [0, 0.1) is 5.82 Å². The zero-order valence-electron chi connectivity index (χ0n) is 15.2. The zero-order valence-corrected chi connectivity index (χ0v) is 15.2. The van der Waals surface area contributed by atoms with Crippen molar-refractivity contribution in [3.8, 4) is 11.5 Å². The second kappa shape index (κ2) is 7.88. The third-order valence-corrected chi connectivity index (χ3v) is 4.71. The van der Waals surface area contributed by atoms with E-state index >= 15 is 0 Å². The van der Waals surface area contributed by atoms with Crippen LogP contribution in [0.4, 0.5) is 4.39 Å². The lowest BCUT2D eigenvalue weighted by molar-refractivity contribution is -0.135. The summed E-state index contributed by atoms with van der Waals surface area (Å²) in [5.74, 6) is -0.257. The molecule has 0 radical (unpaired) electrons. The van der Waals surface area contributed by atoms with Crippen LogP contribution in [0.5, 0.6) is 11.5 Å². The summed E-state index contributed by atoms with van der Waals surface area (Å²) in [6.45, 7) is 0.649. The largest absolute Gasteiger partial charge is 0.486 e. The number of halogens is 1. The van der Waals surface area contributed by atoms with Crippen LogP contribution in [0.25, 0.3) is 0 Å². The molecule has 0 N–H and O–H groups in total. The van der Waals surface area contributed by atoms with E-state index in [1.807, 2.05) is 0 Å². The molecule has 0 spiro atoms. The van der Waals surface area contributed by atoms with Gasteiger partial charge in [-0.1, -0.05) is 18.2 Å². The average Bonchev–Trinajstić information content (AvgIpc) is 3.56. The Labute approximate surface area is 161 Å². The Bertz CT molecular complexity index is 896. The van der Waals surface area contributed by atoms with E-state index in [-0.39, 0.29) is 29.9 Å². The monoisotopic (exact) mass is 385 g/mol. The lowest BCUT2D eigenvalue weighted by Gasteiger charge is -2.23. The van der Waals surface area contributed by atoms with Crippen molar-refractivity contribution in [2.75, 3.05) is 19.8 Å². The summed E-state index contributed by atoms with van der Waals surface area (Å²) in [5, 5.41) is 0. The van der Waals surface area contributed by atoms with Crippen LogP contribution in [0.2, 0.25) is 0 Å². The van der Waals surface area contributed by atoms with Gasteiger partial charge in [0.15, 0.2) is 18.1 Å². The fourth-order valence-electron chi connectivity index (χ4n) is 3.08. The molecule has 6 nitrogen and oxygen atoms in total. The van der Waals surface area contributed by atoms with Crippen molar-refractivity contribution in [3.63, 3.8) is 0 Å².